The molecule has 5 heteroatoms. The van der Waals surface area contributed by atoms with Crippen LogP contribution in [0.1, 0.15) is 6.42 Å². The number of carboxylic acid groups (broad SMARTS) is 1. The van der Waals surface area contributed by atoms with Crippen LogP contribution in [0.25, 0.3) is 10.8 Å². The zero-order valence-electron chi connectivity index (χ0n) is 11.0. The summed E-state index contributed by atoms with van der Waals surface area (Å²) in [5, 5.41) is 10.6. The Morgan fingerprint density at radius 2 is 1.85 bits per heavy atom. The first-order chi connectivity index (χ1) is 9.58. The fourth-order valence-electron chi connectivity index (χ4n) is 1.80. The van der Waals surface area contributed by atoms with Gasteiger partial charge in [0.15, 0.2) is 5.78 Å². The SMILES string of the molecule is COc1ccc2cc(SCC(=O)CC(=O)O)ccc2c1. The number of carboxylic acids is 1. The highest BCUT2D eigenvalue weighted by atomic mass is 32.2. The lowest BCUT2D eigenvalue weighted by Crippen LogP contribution is -2.08. The molecule has 2 rings (SSSR count). The molecule has 20 heavy (non-hydrogen) atoms. The average Bonchev–Trinajstić information content (AvgIpc) is 2.43. The minimum absolute atomic E-state index is 0.175. The highest BCUT2D eigenvalue weighted by molar-refractivity contribution is 8.00. The summed E-state index contributed by atoms with van der Waals surface area (Å²) in [5.74, 6) is -0.387. The quantitative estimate of drug-likeness (QED) is 0.654. The van der Waals surface area contributed by atoms with Crippen molar-refractivity contribution in [3.63, 3.8) is 0 Å². The Bertz CT molecular complexity index is 651. The monoisotopic (exact) mass is 290 g/mol. The molecule has 0 aliphatic carbocycles. The first-order valence-corrected chi connectivity index (χ1v) is 7.01. The summed E-state index contributed by atoms with van der Waals surface area (Å²) in [4.78, 5) is 22.7. The molecule has 0 atom stereocenters. The third-order valence-corrected chi connectivity index (χ3v) is 3.82. The Kier molecular flexibility index (Phi) is 4.63. The van der Waals surface area contributed by atoms with Gasteiger partial charge in [0.25, 0.3) is 0 Å². The number of aliphatic carboxylic acids is 1. The second kappa shape index (κ2) is 6.43. The Morgan fingerprint density at radius 1 is 1.15 bits per heavy atom. The molecule has 0 radical (unpaired) electrons. The van der Waals surface area contributed by atoms with Crippen molar-refractivity contribution in [1.29, 1.82) is 0 Å². The van der Waals surface area contributed by atoms with Gasteiger partial charge in [0.05, 0.1) is 12.9 Å². The van der Waals surface area contributed by atoms with Gasteiger partial charge in [0.2, 0.25) is 0 Å². The van der Waals surface area contributed by atoms with E-state index >= 15 is 0 Å². The van der Waals surface area contributed by atoms with Crippen LogP contribution < -0.4 is 4.74 Å². The van der Waals surface area contributed by atoms with Crippen LogP contribution in [-0.4, -0.2) is 29.7 Å². The number of thioether (sulfide) groups is 1. The molecule has 0 amide bonds. The molecule has 0 saturated heterocycles. The second-order valence-electron chi connectivity index (χ2n) is 4.27. The van der Waals surface area contributed by atoms with Crippen LogP contribution in [0.5, 0.6) is 5.75 Å². The van der Waals surface area contributed by atoms with Crippen molar-refractivity contribution < 1.29 is 19.4 Å². The lowest BCUT2D eigenvalue weighted by molar-refractivity contribution is -0.139. The predicted octanol–water partition coefficient (Wildman–Crippen LogP) is 2.98. The van der Waals surface area contributed by atoms with Crippen molar-refractivity contribution in [3.8, 4) is 5.75 Å². The van der Waals surface area contributed by atoms with E-state index in [1.807, 2.05) is 36.4 Å². The van der Waals surface area contributed by atoms with Crippen molar-refractivity contribution in [2.45, 2.75) is 11.3 Å². The third kappa shape index (κ3) is 3.74. The molecule has 1 N–H and O–H groups in total. The molecule has 0 fully saturated rings. The number of fused-ring (bicyclic) bond motifs is 1. The smallest absolute Gasteiger partial charge is 0.310 e. The molecular formula is C15H14O4S. The first kappa shape index (κ1) is 14.4. The molecule has 0 heterocycles. The van der Waals surface area contributed by atoms with Gasteiger partial charge in [-0.2, -0.15) is 0 Å². The number of carbonyl (C=O) groups excluding carboxylic acids is 1. The number of ketones is 1. The highest BCUT2D eigenvalue weighted by Gasteiger charge is 2.08. The summed E-state index contributed by atoms with van der Waals surface area (Å²) in [6, 6.07) is 11.6. The van der Waals surface area contributed by atoms with Crippen LogP contribution in [0.3, 0.4) is 0 Å². The molecule has 0 aliphatic heterocycles. The maximum atomic E-state index is 11.4. The Labute approximate surface area is 120 Å². The van der Waals surface area contributed by atoms with Gasteiger partial charge in [-0.3, -0.25) is 9.59 Å². The van der Waals surface area contributed by atoms with Gasteiger partial charge >= 0.3 is 5.97 Å². The van der Waals surface area contributed by atoms with Crippen molar-refractivity contribution in [2.75, 3.05) is 12.9 Å². The van der Waals surface area contributed by atoms with E-state index in [9.17, 15) is 9.59 Å². The molecule has 0 aromatic heterocycles. The van der Waals surface area contributed by atoms with Crippen LogP contribution in [0.2, 0.25) is 0 Å². The topological polar surface area (TPSA) is 63.6 Å². The van der Waals surface area contributed by atoms with Crippen molar-refractivity contribution in [3.05, 3.63) is 36.4 Å². The van der Waals surface area contributed by atoms with Crippen molar-refractivity contribution >= 4 is 34.3 Å². The maximum absolute atomic E-state index is 11.4. The standard InChI is InChI=1S/C15H14O4S/c1-19-13-4-2-11-7-14(5-3-10(11)6-13)20-9-12(16)8-15(17)18/h2-7H,8-9H2,1H3,(H,17,18). The summed E-state index contributed by atoms with van der Waals surface area (Å²) in [6.07, 6.45) is -0.419. The average molecular weight is 290 g/mol. The number of rotatable bonds is 6. The minimum Gasteiger partial charge on any atom is -0.497 e. The van der Waals surface area contributed by atoms with E-state index in [1.54, 1.807) is 7.11 Å². The molecule has 0 unspecified atom stereocenters. The van der Waals surface area contributed by atoms with Gasteiger partial charge in [0.1, 0.15) is 12.2 Å². The van der Waals surface area contributed by atoms with Crippen LogP contribution in [-0.2, 0) is 9.59 Å². The normalized spacial score (nSPS) is 10.4. The van der Waals surface area contributed by atoms with E-state index in [-0.39, 0.29) is 11.5 Å². The number of Topliss-reactive ketones (excluding diaryl/α,β-unsaturated/α-hetero) is 1. The molecule has 2 aromatic carbocycles. The summed E-state index contributed by atoms with van der Waals surface area (Å²) >= 11 is 1.35. The largest absolute Gasteiger partial charge is 0.497 e. The van der Waals surface area contributed by atoms with Crippen LogP contribution >= 0.6 is 11.8 Å². The molecule has 2 aromatic rings. The van der Waals surface area contributed by atoms with Gasteiger partial charge < -0.3 is 9.84 Å². The first-order valence-electron chi connectivity index (χ1n) is 6.02. The Morgan fingerprint density at radius 3 is 2.55 bits per heavy atom. The Hall–Kier alpha value is -2.01. The second-order valence-corrected chi connectivity index (χ2v) is 5.32. The highest BCUT2D eigenvalue weighted by Crippen LogP contribution is 2.26. The van der Waals surface area contributed by atoms with Crippen LogP contribution in [0.15, 0.2) is 41.3 Å². The molecule has 0 saturated carbocycles. The molecular weight excluding hydrogens is 276 g/mol. The lowest BCUT2D eigenvalue weighted by Gasteiger charge is -2.05. The summed E-state index contributed by atoms with van der Waals surface area (Å²) in [5.41, 5.74) is 0. The van der Waals surface area contributed by atoms with Gasteiger partial charge in [0, 0.05) is 4.90 Å². The van der Waals surface area contributed by atoms with E-state index in [1.165, 1.54) is 11.8 Å². The Balaban J connectivity index is 2.08. The van der Waals surface area contributed by atoms with E-state index in [2.05, 4.69) is 0 Å². The number of hydrogen-bond acceptors (Lipinski definition) is 4. The zero-order chi connectivity index (χ0) is 14.5. The van der Waals surface area contributed by atoms with Gasteiger partial charge in [-0.1, -0.05) is 12.1 Å². The number of methoxy groups -OCH3 is 1. The summed E-state index contributed by atoms with van der Waals surface area (Å²) < 4.78 is 5.16. The fraction of sp³-hybridized carbons (Fsp3) is 0.200. The molecule has 104 valence electrons. The molecule has 0 bridgehead atoms. The molecule has 0 aliphatic rings. The number of ether oxygens (including phenoxy) is 1. The van der Waals surface area contributed by atoms with Crippen LogP contribution in [0.4, 0.5) is 0 Å². The predicted molar refractivity (Wildman–Crippen MR) is 78.5 cm³/mol. The van der Waals surface area contributed by atoms with Gasteiger partial charge in [-0.25, -0.2) is 0 Å². The third-order valence-electron chi connectivity index (χ3n) is 2.77. The van der Waals surface area contributed by atoms with Gasteiger partial charge in [-0.15, -0.1) is 11.8 Å². The van der Waals surface area contributed by atoms with E-state index < -0.39 is 12.4 Å². The van der Waals surface area contributed by atoms with Crippen LogP contribution in [0, 0.1) is 0 Å². The number of hydrogen-bond donors (Lipinski definition) is 1. The summed E-state index contributed by atoms with van der Waals surface area (Å²) in [7, 11) is 1.62. The van der Waals surface area contributed by atoms with Crippen molar-refractivity contribution in [2.24, 2.45) is 0 Å². The lowest BCUT2D eigenvalue weighted by atomic mass is 10.1. The number of benzene rings is 2. The van der Waals surface area contributed by atoms with Crippen molar-refractivity contribution in [1.82, 2.24) is 0 Å². The number of carbonyl (C=O) groups is 2. The van der Waals surface area contributed by atoms with Gasteiger partial charge in [-0.05, 0) is 35.0 Å². The minimum atomic E-state index is -1.08. The van der Waals surface area contributed by atoms with E-state index in [0.29, 0.717) is 0 Å². The zero-order valence-corrected chi connectivity index (χ0v) is 11.8. The van der Waals surface area contributed by atoms with E-state index in [4.69, 9.17) is 9.84 Å². The van der Waals surface area contributed by atoms with E-state index in [0.717, 1.165) is 21.4 Å². The summed E-state index contributed by atoms with van der Waals surface area (Å²) in [6.45, 7) is 0. The molecule has 0 spiro atoms. The molecule has 4 nitrogen and oxygen atoms in total. The maximum Gasteiger partial charge on any atom is 0.310 e. The fourth-order valence-corrected chi connectivity index (χ4v) is 2.61.